The number of nitrogens with two attached hydrogens (primary N) is 1. The second-order valence-corrected chi connectivity index (χ2v) is 10.8. The van der Waals surface area contributed by atoms with Crippen LogP contribution in [0.1, 0.15) is 42.4 Å². The number of hydrogen-bond acceptors (Lipinski definition) is 8. The Hall–Kier alpha value is -3.69. The third-order valence-electron chi connectivity index (χ3n) is 6.08. The molecule has 0 amide bonds. The number of rotatable bonds is 9. The fourth-order valence-corrected chi connectivity index (χ4v) is 5.00. The Labute approximate surface area is 216 Å². The summed E-state index contributed by atoms with van der Waals surface area (Å²) in [4.78, 5) is 26.1. The Kier molecular flexibility index (Phi) is 7.65. The third-order valence-corrected chi connectivity index (χ3v) is 6.57. The van der Waals surface area contributed by atoms with Crippen LogP contribution < -0.4 is 9.92 Å². The summed E-state index contributed by atoms with van der Waals surface area (Å²) >= 11 is 0. The van der Waals surface area contributed by atoms with Crippen molar-refractivity contribution in [3.8, 4) is 16.9 Å². The molecule has 0 saturated heterocycles. The highest BCUT2D eigenvalue weighted by molar-refractivity contribution is 7.86. The highest BCUT2D eigenvalue weighted by atomic mass is 32.2. The van der Waals surface area contributed by atoms with Crippen LogP contribution in [0.3, 0.4) is 0 Å². The highest BCUT2D eigenvalue weighted by Gasteiger charge is 2.36. The van der Waals surface area contributed by atoms with Gasteiger partial charge in [0.25, 0.3) is 0 Å². The minimum atomic E-state index is -3.72. The first-order chi connectivity index (χ1) is 17.5. The molecule has 1 aliphatic carbocycles. The summed E-state index contributed by atoms with van der Waals surface area (Å²) in [5, 5.41) is 0. The van der Waals surface area contributed by atoms with Crippen molar-refractivity contribution in [1.82, 2.24) is 0 Å². The summed E-state index contributed by atoms with van der Waals surface area (Å²) < 4.78 is 38.7. The number of esters is 2. The molecule has 2 N–H and O–H groups in total. The zero-order valence-corrected chi connectivity index (χ0v) is 21.6. The lowest BCUT2D eigenvalue weighted by Crippen LogP contribution is -2.43. The van der Waals surface area contributed by atoms with Crippen molar-refractivity contribution in [2.45, 2.75) is 37.8 Å². The normalized spacial score (nSPS) is 14.4. The summed E-state index contributed by atoms with van der Waals surface area (Å²) in [6, 6.07) is 20.3. The number of fused-ring (bicyclic) bond motifs is 3. The van der Waals surface area contributed by atoms with Crippen LogP contribution in [0, 0.1) is 0 Å². The Morgan fingerprint density at radius 3 is 1.92 bits per heavy atom. The van der Waals surface area contributed by atoms with Crippen molar-refractivity contribution in [2.75, 3.05) is 12.9 Å². The van der Waals surface area contributed by atoms with Crippen LogP contribution >= 0.6 is 0 Å². The molecule has 2 unspecified atom stereocenters. The SMILES string of the molecule is CC(C)OC(=O)C(c1ccc(OS(C)(=O)=O)cc1)C(N)C(=O)OCC1c2ccccc2-c2ccccc21. The van der Waals surface area contributed by atoms with Gasteiger partial charge in [-0.3, -0.25) is 9.59 Å². The Morgan fingerprint density at radius 1 is 0.865 bits per heavy atom. The molecule has 0 heterocycles. The molecule has 4 rings (SSSR count). The topological polar surface area (TPSA) is 122 Å². The molecule has 2 atom stereocenters. The van der Waals surface area contributed by atoms with E-state index in [1.807, 2.05) is 48.5 Å². The lowest BCUT2D eigenvalue weighted by Gasteiger charge is -2.24. The fraction of sp³-hybridized carbons (Fsp3) is 0.286. The van der Waals surface area contributed by atoms with Crippen LogP contribution in [-0.2, 0) is 29.2 Å². The highest BCUT2D eigenvalue weighted by Crippen LogP contribution is 2.44. The van der Waals surface area contributed by atoms with Gasteiger partial charge < -0.3 is 19.4 Å². The molecule has 3 aromatic rings. The van der Waals surface area contributed by atoms with Crippen molar-refractivity contribution in [3.63, 3.8) is 0 Å². The number of benzene rings is 3. The molecule has 0 aliphatic heterocycles. The third kappa shape index (κ3) is 6.00. The Bertz CT molecular complexity index is 1350. The van der Waals surface area contributed by atoms with Crippen molar-refractivity contribution in [2.24, 2.45) is 5.73 Å². The van der Waals surface area contributed by atoms with E-state index in [4.69, 9.17) is 19.4 Å². The summed E-state index contributed by atoms with van der Waals surface area (Å²) in [6.45, 7) is 3.45. The predicted molar refractivity (Wildman–Crippen MR) is 139 cm³/mol. The molecular formula is C28H29NO7S. The van der Waals surface area contributed by atoms with E-state index >= 15 is 0 Å². The first-order valence-electron chi connectivity index (χ1n) is 11.9. The average Bonchev–Trinajstić information content (AvgIpc) is 3.16. The van der Waals surface area contributed by atoms with Gasteiger partial charge in [0.2, 0.25) is 0 Å². The molecule has 0 saturated carbocycles. The van der Waals surface area contributed by atoms with Gasteiger partial charge in [0.05, 0.1) is 12.4 Å². The van der Waals surface area contributed by atoms with Gasteiger partial charge in [-0.1, -0.05) is 60.7 Å². The maximum atomic E-state index is 13.1. The van der Waals surface area contributed by atoms with E-state index in [1.54, 1.807) is 13.8 Å². The van der Waals surface area contributed by atoms with Gasteiger partial charge in [-0.2, -0.15) is 8.42 Å². The van der Waals surface area contributed by atoms with Gasteiger partial charge >= 0.3 is 22.1 Å². The molecule has 0 fully saturated rings. The first kappa shape index (κ1) is 26.4. The number of carbonyl (C=O) groups excluding carboxylic acids is 2. The standard InChI is InChI=1S/C28H29NO7S/c1-17(2)35-27(30)25(18-12-14-19(15-13-18)36-37(3,32)33)26(29)28(31)34-16-24-22-10-6-4-8-20(22)21-9-5-7-11-23(21)24/h4-15,17,24-26H,16,29H2,1-3H3. The molecule has 0 bridgehead atoms. The van der Waals surface area contributed by atoms with E-state index in [0.29, 0.717) is 5.56 Å². The van der Waals surface area contributed by atoms with E-state index in [0.717, 1.165) is 28.5 Å². The van der Waals surface area contributed by atoms with Gasteiger partial charge in [0.1, 0.15) is 24.3 Å². The van der Waals surface area contributed by atoms with Crippen LogP contribution in [0.2, 0.25) is 0 Å². The minimum absolute atomic E-state index is 0.0631. The largest absolute Gasteiger partial charge is 0.463 e. The molecule has 8 nitrogen and oxygen atoms in total. The van der Waals surface area contributed by atoms with Gasteiger partial charge in [-0.25, -0.2) is 0 Å². The van der Waals surface area contributed by atoms with E-state index < -0.39 is 40.1 Å². The molecule has 37 heavy (non-hydrogen) atoms. The van der Waals surface area contributed by atoms with Gasteiger partial charge in [0.15, 0.2) is 0 Å². The molecule has 9 heteroatoms. The number of ether oxygens (including phenoxy) is 2. The summed E-state index contributed by atoms with van der Waals surface area (Å²) in [5.41, 5.74) is 11.0. The lowest BCUT2D eigenvalue weighted by atomic mass is 9.91. The van der Waals surface area contributed by atoms with Gasteiger partial charge in [-0.15, -0.1) is 0 Å². The summed E-state index contributed by atoms with van der Waals surface area (Å²) in [7, 11) is -3.72. The molecule has 194 valence electrons. The van der Waals surface area contributed by atoms with E-state index in [-0.39, 0.29) is 18.3 Å². The van der Waals surface area contributed by atoms with Gasteiger partial charge in [0, 0.05) is 5.92 Å². The zero-order valence-electron chi connectivity index (χ0n) is 20.8. The minimum Gasteiger partial charge on any atom is -0.463 e. The zero-order chi connectivity index (χ0) is 26.7. The molecular weight excluding hydrogens is 494 g/mol. The van der Waals surface area contributed by atoms with Crippen molar-refractivity contribution >= 4 is 22.1 Å². The van der Waals surface area contributed by atoms with Crippen LogP contribution in [0.5, 0.6) is 5.75 Å². The molecule has 3 aromatic carbocycles. The van der Waals surface area contributed by atoms with Crippen LogP contribution in [-0.4, -0.2) is 45.4 Å². The van der Waals surface area contributed by atoms with Crippen molar-refractivity contribution in [3.05, 3.63) is 89.5 Å². The van der Waals surface area contributed by atoms with E-state index in [9.17, 15) is 18.0 Å². The Morgan fingerprint density at radius 2 is 1.41 bits per heavy atom. The second-order valence-electron chi connectivity index (χ2n) is 9.20. The monoisotopic (exact) mass is 523 g/mol. The molecule has 0 spiro atoms. The average molecular weight is 524 g/mol. The Balaban J connectivity index is 1.54. The maximum absolute atomic E-state index is 13.1. The lowest BCUT2D eigenvalue weighted by molar-refractivity contribution is -0.156. The predicted octanol–water partition coefficient (Wildman–Crippen LogP) is 3.74. The number of carbonyl (C=O) groups is 2. The van der Waals surface area contributed by atoms with E-state index in [2.05, 4.69) is 0 Å². The second kappa shape index (κ2) is 10.7. The van der Waals surface area contributed by atoms with E-state index in [1.165, 1.54) is 24.3 Å². The van der Waals surface area contributed by atoms with Crippen molar-refractivity contribution < 1.29 is 31.7 Å². The first-order valence-corrected chi connectivity index (χ1v) is 13.7. The summed E-state index contributed by atoms with van der Waals surface area (Å²) in [5.74, 6) is -2.68. The van der Waals surface area contributed by atoms with Gasteiger partial charge in [-0.05, 0) is 53.8 Å². The van der Waals surface area contributed by atoms with Crippen molar-refractivity contribution in [1.29, 1.82) is 0 Å². The quantitative estimate of drug-likeness (QED) is 0.332. The van der Waals surface area contributed by atoms with Crippen LogP contribution in [0.25, 0.3) is 11.1 Å². The molecule has 0 radical (unpaired) electrons. The maximum Gasteiger partial charge on any atom is 0.324 e. The summed E-state index contributed by atoms with van der Waals surface area (Å²) in [6.07, 6.45) is 0.495. The van der Waals surface area contributed by atoms with Crippen LogP contribution in [0.15, 0.2) is 72.8 Å². The molecule has 0 aromatic heterocycles. The fourth-order valence-electron chi connectivity index (χ4n) is 4.54. The molecule has 1 aliphatic rings. The smallest absolute Gasteiger partial charge is 0.324 e. The van der Waals surface area contributed by atoms with Crippen LogP contribution in [0.4, 0.5) is 0 Å². The number of hydrogen-bond donors (Lipinski definition) is 1.